The highest BCUT2D eigenvalue weighted by Crippen LogP contribution is 2.36. The monoisotopic (exact) mass is 695 g/mol. The standard InChI is InChI=1S/C30H33ClFN5O3.C5H12N2.C2H6/c1-18(22-10-6-8-19-9-7-11-24(31)26(19)22)33-15-23-25(14-32)34-28(39-5)35-27(23)36-16-20-12-13-21(17-36)37(20)29(38)40-30(2,3)4;1-7-3-2-5(6)4-7;1-2/h6-11,15,20-21H,1,12-14,16-17H2,2-5H3;5H,2-4,6H2,1H3;1-2H3. The van der Waals surface area contributed by atoms with Crippen LogP contribution in [0.3, 0.4) is 0 Å². The third-order valence-electron chi connectivity index (χ3n) is 8.62. The minimum Gasteiger partial charge on any atom is -0.467 e. The molecule has 1 amide bonds. The van der Waals surface area contributed by atoms with Crippen molar-refractivity contribution in [3.8, 4) is 6.01 Å². The van der Waals surface area contributed by atoms with E-state index in [2.05, 4.69) is 38.4 Å². The number of likely N-dealkylation sites (N-methyl/N-ethyl adjacent to an activating group) is 1. The Morgan fingerprint density at radius 3 is 2.29 bits per heavy atom. The van der Waals surface area contributed by atoms with Crippen molar-refractivity contribution in [2.75, 3.05) is 45.2 Å². The lowest BCUT2D eigenvalue weighted by molar-refractivity contribution is 0.0122. The van der Waals surface area contributed by atoms with Gasteiger partial charge >= 0.3 is 12.1 Å². The molecule has 0 aliphatic carbocycles. The molecule has 3 fully saturated rings. The second-order valence-corrected chi connectivity index (χ2v) is 13.8. The van der Waals surface area contributed by atoms with Crippen LogP contribution in [0.5, 0.6) is 6.01 Å². The number of ether oxygens (including phenoxy) is 2. The number of aromatic nitrogens is 2. The van der Waals surface area contributed by atoms with Gasteiger partial charge in [0.15, 0.2) is 0 Å². The number of likely N-dealkylation sites (tertiary alicyclic amines) is 1. The zero-order chi connectivity index (χ0) is 35.9. The van der Waals surface area contributed by atoms with Gasteiger partial charge in [-0.1, -0.05) is 62.4 Å². The fraction of sp³-hybridized carbons (Fsp3) is 0.514. The highest BCUT2D eigenvalue weighted by atomic mass is 35.5. The summed E-state index contributed by atoms with van der Waals surface area (Å²) >= 11 is 6.51. The van der Waals surface area contributed by atoms with Crippen molar-refractivity contribution in [1.29, 1.82) is 0 Å². The minimum atomic E-state index is -0.829. The molecule has 10 nitrogen and oxygen atoms in total. The minimum absolute atomic E-state index is 0.0547. The van der Waals surface area contributed by atoms with Crippen LogP contribution in [0.15, 0.2) is 48.0 Å². The van der Waals surface area contributed by atoms with E-state index in [1.165, 1.54) is 20.1 Å². The van der Waals surface area contributed by atoms with Crippen LogP contribution in [-0.4, -0.2) is 96.1 Å². The number of amides is 1. The number of anilines is 1. The van der Waals surface area contributed by atoms with E-state index in [9.17, 15) is 9.18 Å². The highest BCUT2D eigenvalue weighted by molar-refractivity contribution is 6.36. The summed E-state index contributed by atoms with van der Waals surface area (Å²) in [4.78, 5) is 32.6. The Morgan fingerprint density at radius 2 is 1.76 bits per heavy atom. The second-order valence-electron chi connectivity index (χ2n) is 13.4. The quantitative estimate of drug-likeness (QED) is 0.272. The number of nitrogens with two attached hydrogens (primary N) is 1. The first kappa shape index (κ1) is 38.0. The summed E-state index contributed by atoms with van der Waals surface area (Å²) in [6.45, 7) is 16.2. The molecule has 3 aliphatic heterocycles. The molecule has 3 unspecified atom stereocenters. The van der Waals surface area contributed by atoms with E-state index < -0.39 is 12.3 Å². The highest BCUT2D eigenvalue weighted by Gasteiger charge is 2.45. The Morgan fingerprint density at radius 1 is 1.10 bits per heavy atom. The zero-order valence-electron chi connectivity index (χ0n) is 29.9. The van der Waals surface area contributed by atoms with Gasteiger partial charge in [0, 0.05) is 47.9 Å². The van der Waals surface area contributed by atoms with Gasteiger partial charge in [0.25, 0.3) is 0 Å². The van der Waals surface area contributed by atoms with E-state index in [0.29, 0.717) is 41.2 Å². The number of benzene rings is 2. The van der Waals surface area contributed by atoms with Gasteiger partial charge in [0.1, 0.15) is 18.1 Å². The fourth-order valence-electron chi connectivity index (χ4n) is 6.45. The predicted octanol–water partition coefficient (Wildman–Crippen LogP) is 7.11. The van der Waals surface area contributed by atoms with E-state index >= 15 is 0 Å². The number of nitrogens with zero attached hydrogens (tertiary/aromatic N) is 6. The predicted molar refractivity (Wildman–Crippen MR) is 198 cm³/mol. The van der Waals surface area contributed by atoms with Gasteiger partial charge in [-0.25, -0.2) is 9.18 Å². The fourth-order valence-corrected chi connectivity index (χ4v) is 6.74. The molecule has 3 aliphatic rings. The van der Waals surface area contributed by atoms with Crippen molar-refractivity contribution >= 4 is 46.2 Å². The molecule has 1 aromatic heterocycles. The maximum absolute atomic E-state index is 14.3. The molecule has 0 radical (unpaired) electrons. The summed E-state index contributed by atoms with van der Waals surface area (Å²) < 4.78 is 25.3. The molecule has 49 heavy (non-hydrogen) atoms. The van der Waals surface area contributed by atoms with E-state index in [1.54, 1.807) is 6.21 Å². The van der Waals surface area contributed by atoms with Crippen LogP contribution in [0.1, 0.15) is 70.7 Å². The van der Waals surface area contributed by atoms with E-state index in [-0.39, 0.29) is 29.9 Å². The molecule has 12 heteroatoms. The number of methoxy groups -OCH3 is 1. The Labute approximate surface area is 295 Å². The van der Waals surface area contributed by atoms with Gasteiger partial charge in [-0.2, -0.15) is 9.97 Å². The van der Waals surface area contributed by atoms with Crippen molar-refractivity contribution in [1.82, 2.24) is 19.8 Å². The van der Waals surface area contributed by atoms with E-state index in [1.807, 2.05) is 75.9 Å². The van der Waals surface area contributed by atoms with Crippen molar-refractivity contribution in [2.45, 2.75) is 84.3 Å². The van der Waals surface area contributed by atoms with Crippen LogP contribution in [0.4, 0.5) is 15.0 Å². The van der Waals surface area contributed by atoms with E-state index in [4.69, 9.17) is 26.8 Å². The largest absolute Gasteiger partial charge is 0.467 e. The first-order valence-corrected chi connectivity index (χ1v) is 17.4. The SMILES string of the molecule is C=C(N=Cc1c(CF)nc(OC)nc1N1CC2CCC(C1)N2C(=O)OC(C)(C)C)c1cccc2cccc(Cl)c12.CC.CN1CCC(N)C1. The summed E-state index contributed by atoms with van der Waals surface area (Å²) in [6.07, 6.45) is 4.12. The van der Waals surface area contributed by atoms with Crippen molar-refractivity contribution < 1.29 is 18.7 Å². The Kier molecular flexibility index (Phi) is 13.0. The van der Waals surface area contributed by atoms with Gasteiger partial charge < -0.3 is 25.0 Å². The molecule has 4 heterocycles. The third-order valence-corrected chi connectivity index (χ3v) is 8.94. The molecule has 0 spiro atoms. The number of hydrogen-bond acceptors (Lipinski definition) is 9. The number of carbonyl (C=O) groups excluding carboxylic acids is 1. The van der Waals surface area contributed by atoms with Gasteiger partial charge in [0.05, 0.1) is 36.1 Å². The maximum atomic E-state index is 14.3. The molecular weight excluding hydrogens is 645 g/mol. The van der Waals surface area contributed by atoms with Gasteiger partial charge in [0.2, 0.25) is 0 Å². The molecule has 2 bridgehead atoms. The van der Waals surface area contributed by atoms with Crippen LogP contribution >= 0.6 is 11.6 Å². The zero-order valence-corrected chi connectivity index (χ0v) is 30.6. The van der Waals surface area contributed by atoms with Crippen molar-refractivity contribution in [3.05, 3.63) is 64.8 Å². The van der Waals surface area contributed by atoms with Crippen LogP contribution in [0, 0.1) is 0 Å². The first-order valence-electron chi connectivity index (χ1n) is 17.0. The molecule has 6 rings (SSSR count). The van der Waals surface area contributed by atoms with E-state index in [0.717, 1.165) is 35.7 Å². The molecule has 0 saturated carbocycles. The number of alkyl halides is 1. The first-order chi connectivity index (χ1) is 23.4. The summed E-state index contributed by atoms with van der Waals surface area (Å²) in [5, 5.41) is 2.42. The number of halogens is 2. The Balaban J connectivity index is 0.000000528. The number of piperazine rings is 1. The Hall–Kier alpha value is -3.80. The average molecular weight is 696 g/mol. The lowest BCUT2D eigenvalue weighted by Crippen LogP contribution is -2.57. The number of rotatable bonds is 6. The smallest absolute Gasteiger partial charge is 0.410 e. The molecular formula is C37H51ClFN7O3. The maximum Gasteiger partial charge on any atom is 0.410 e. The molecule has 3 aromatic rings. The molecule has 2 N–H and O–H groups in total. The molecule has 2 aromatic carbocycles. The molecule has 3 atom stereocenters. The molecule has 266 valence electrons. The average Bonchev–Trinajstić information content (AvgIpc) is 3.59. The normalized spacial score (nSPS) is 20.5. The van der Waals surface area contributed by atoms with Crippen LogP contribution < -0.4 is 15.4 Å². The summed E-state index contributed by atoms with van der Waals surface area (Å²) in [5.41, 5.74) is 6.86. The van der Waals surface area contributed by atoms with Crippen molar-refractivity contribution in [2.24, 2.45) is 10.7 Å². The summed E-state index contributed by atoms with van der Waals surface area (Å²) in [6, 6.07) is 11.9. The lowest BCUT2D eigenvalue weighted by Gasteiger charge is -2.42. The lowest BCUT2D eigenvalue weighted by atomic mass is 10.0. The number of hydrogen-bond donors (Lipinski definition) is 1. The number of aliphatic imine (C=N–C) groups is 1. The van der Waals surface area contributed by atoms with Gasteiger partial charge in [-0.3, -0.25) is 9.89 Å². The number of fused-ring (bicyclic) bond motifs is 3. The number of carbonyl (C=O) groups is 1. The second kappa shape index (κ2) is 16.7. The van der Waals surface area contributed by atoms with Crippen LogP contribution in [0.2, 0.25) is 5.02 Å². The van der Waals surface area contributed by atoms with Gasteiger partial charge in [-0.15, -0.1) is 0 Å². The topological polar surface area (TPSA) is 109 Å². The summed E-state index contributed by atoms with van der Waals surface area (Å²) in [7, 11) is 3.55. The van der Waals surface area contributed by atoms with Crippen molar-refractivity contribution in [3.63, 3.8) is 0 Å². The Bertz CT molecular complexity index is 1620. The van der Waals surface area contributed by atoms with Gasteiger partial charge in [-0.05, 0) is 65.1 Å². The summed E-state index contributed by atoms with van der Waals surface area (Å²) in [5.74, 6) is 0.507. The third kappa shape index (κ3) is 9.26. The molecule has 3 saturated heterocycles. The van der Waals surface area contributed by atoms with Crippen LogP contribution in [0.25, 0.3) is 16.5 Å². The van der Waals surface area contributed by atoms with Crippen LogP contribution in [-0.2, 0) is 11.4 Å².